The maximum absolute atomic E-state index is 13.0. The largest absolute Gasteiger partial charge is 0.348 e. The van der Waals surface area contributed by atoms with Gasteiger partial charge in [0.05, 0.1) is 11.1 Å². The molecule has 0 bridgehead atoms. The summed E-state index contributed by atoms with van der Waals surface area (Å²) in [5.74, 6) is -0.00929. The highest BCUT2D eigenvalue weighted by Crippen LogP contribution is 2.33. The Balaban J connectivity index is 1.52. The molecule has 2 atom stereocenters. The number of nitriles is 1. The minimum atomic E-state index is -0.00929. The summed E-state index contributed by atoms with van der Waals surface area (Å²) in [7, 11) is 0. The topological polar surface area (TPSA) is 56.1 Å². The quantitative estimate of drug-likeness (QED) is 0.873. The summed E-state index contributed by atoms with van der Waals surface area (Å²) in [6, 6.07) is 18.1. The summed E-state index contributed by atoms with van der Waals surface area (Å²) >= 11 is 1.48. The minimum Gasteiger partial charge on any atom is -0.348 e. The highest BCUT2D eigenvalue weighted by molar-refractivity contribution is 7.99. The van der Waals surface area contributed by atoms with Gasteiger partial charge in [0.15, 0.2) is 0 Å². The Bertz CT molecular complexity index is 876. The average Bonchev–Trinajstić information content (AvgIpc) is 3.12. The van der Waals surface area contributed by atoms with E-state index in [0.717, 1.165) is 29.3 Å². The molecule has 0 aromatic heterocycles. The number of rotatable bonds is 4. The average molecular weight is 378 g/mol. The van der Waals surface area contributed by atoms with Crippen molar-refractivity contribution < 1.29 is 4.79 Å². The van der Waals surface area contributed by atoms with Crippen molar-refractivity contribution in [3.63, 3.8) is 0 Å². The molecule has 4 nitrogen and oxygen atoms in total. The third-order valence-corrected chi connectivity index (χ3v) is 6.68. The van der Waals surface area contributed by atoms with Crippen molar-refractivity contribution in [3.8, 4) is 6.07 Å². The molecule has 0 unspecified atom stereocenters. The van der Waals surface area contributed by atoms with Crippen molar-refractivity contribution in [1.82, 2.24) is 10.2 Å². The van der Waals surface area contributed by atoms with Crippen LogP contribution in [0.3, 0.4) is 0 Å². The fourth-order valence-corrected chi connectivity index (χ4v) is 5.20. The van der Waals surface area contributed by atoms with Crippen LogP contribution in [-0.2, 0) is 0 Å². The summed E-state index contributed by atoms with van der Waals surface area (Å²) in [5, 5.41) is 12.6. The zero-order chi connectivity index (χ0) is 18.6. The van der Waals surface area contributed by atoms with E-state index in [0.29, 0.717) is 17.2 Å². The van der Waals surface area contributed by atoms with Crippen molar-refractivity contribution in [1.29, 1.82) is 5.26 Å². The molecule has 2 aromatic rings. The number of nitrogens with zero attached hydrogens (tertiary/aromatic N) is 2. The Kier molecular flexibility index (Phi) is 5.47. The highest BCUT2D eigenvalue weighted by atomic mass is 32.2. The number of benzene rings is 2. The lowest BCUT2D eigenvalue weighted by Crippen LogP contribution is -2.46. The molecule has 0 saturated carbocycles. The third-order valence-electron chi connectivity index (χ3n) is 5.53. The highest BCUT2D eigenvalue weighted by Gasteiger charge is 2.36. The van der Waals surface area contributed by atoms with Crippen molar-refractivity contribution in [2.75, 3.05) is 13.1 Å². The lowest BCUT2D eigenvalue weighted by atomic mass is 9.99. The molecule has 0 spiro atoms. The number of amides is 1. The van der Waals surface area contributed by atoms with Crippen LogP contribution < -0.4 is 5.32 Å². The molecule has 2 saturated heterocycles. The molecule has 4 rings (SSSR count). The molecule has 0 radical (unpaired) electrons. The van der Waals surface area contributed by atoms with Crippen LogP contribution in [0.5, 0.6) is 0 Å². The summed E-state index contributed by atoms with van der Waals surface area (Å²) in [5.41, 5.74) is 1.32. The van der Waals surface area contributed by atoms with E-state index in [1.165, 1.54) is 31.0 Å². The van der Waals surface area contributed by atoms with Gasteiger partial charge in [-0.2, -0.15) is 5.26 Å². The molecule has 5 heteroatoms. The van der Waals surface area contributed by atoms with E-state index >= 15 is 0 Å². The van der Waals surface area contributed by atoms with Gasteiger partial charge in [-0.15, -0.1) is 0 Å². The number of hydrogen-bond acceptors (Lipinski definition) is 4. The molecule has 1 amide bonds. The molecule has 2 fully saturated rings. The number of fused-ring (bicyclic) bond motifs is 1. The molecule has 0 aliphatic carbocycles. The van der Waals surface area contributed by atoms with Gasteiger partial charge in [-0.1, -0.05) is 42.4 Å². The van der Waals surface area contributed by atoms with Crippen LogP contribution in [0.2, 0.25) is 0 Å². The van der Waals surface area contributed by atoms with E-state index in [-0.39, 0.29) is 11.9 Å². The van der Waals surface area contributed by atoms with Crippen LogP contribution in [0.1, 0.15) is 41.6 Å². The zero-order valence-electron chi connectivity index (χ0n) is 15.2. The lowest BCUT2D eigenvalue weighted by Gasteiger charge is -2.32. The first-order valence-corrected chi connectivity index (χ1v) is 10.4. The minimum absolute atomic E-state index is 0.00929. The zero-order valence-corrected chi connectivity index (χ0v) is 16.0. The van der Waals surface area contributed by atoms with E-state index in [4.69, 9.17) is 0 Å². The van der Waals surface area contributed by atoms with E-state index in [1.807, 2.05) is 42.5 Å². The number of carbonyl (C=O) groups is 1. The molecule has 2 aromatic carbocycles. The molecule has 2 heterocycles. The molecule has 2 aliphatic heterocycles. The second-order valence-electron chi connectivity index (χ2n) is 7.17. The Morgan fingerprint density at radius 1 is 1.04 bits per heavy atom. The Morgan fingerprint density at radius 2 is 1.81 bits per heavy atom. The second-order valence-corrected chi connectivity index (χ2v) is 8.26. The van der Waals surface area contributed by atoms with Gasteiger partial charge in [-0.05, 0) is 50.1 Å². The smallest absolute Gasteiger partial charge is 0.252 e. The summed E-state index contributed by atoms with van der Waals surface area (Å²) in [6.45, 7) is 2.25. The van der Waals surface area contributed by atoms with Crippen LogP contribution in [-0.4, -0.2) is 36.0 Å². The number of piperidine rings is 1. The van der Waals surface area contributed by atoms with E-state index in [1.54, 1.807) is 6.07 Å². The number of hydrogen-bond donors (Lipinski definition) is 1. The molecule has 27 heavy (non-hydrogen) atoms. The van der Waals surface area contributed by atoms with E-state index in [9.17, 15) is 10.1 Å². The normalized spacial score (nSPS) is 22.0. The first-order chi connectivity index (χ1) is 13.3. The SMILES string of the molecule is N#Cc1ccccc1Sc1ccccc1C(=O)N[C@@H]1CCN2CCCC[C@@H]12. The Hall–Kier alpha value is -2.29. The Morgan fingerprint density at radius 3 is 2.67 bits per heavy atom. The van der Waals surface area contributed by atoms with Crippen molar-refractivity contribution in [3.05, 3.63) is 59.7 Å². The van der Waals surface area contributed by atoms with Gasteiger partial charge in [0.1, 0.15) is 6.07 Å². The first kappa shape index (κ1) is 18.1. The molecular weight excluding hydrogens is 354 g/mol. The van der Waals surface area contributed by atoms with Gasteiger partial charge in [-0.3, -0.25) is 9.69 Å². The van der Waals surface area contributed by atoms with Crippen molar-refractivity contribution in [2.45, 2.75) is 47.6 Å². The van der Waals surface area contributed by atoms with Crippen molar-refractivity contribution >= 4 is 17.7 Å². The molecule has 2 aliphatic rings. The summed E-state index contributed by atoms with van der Waals surface area (Å²) in [4.78, 5) is 17.3. The van der Waals surface area contributed by atoms with Crippen LogP contribution in [0, 0.1) is 11.3 Å². The lowest BCUT2D eigenvalue weighted by molar-refractivity contribution is 0.0912. The standard InChI is InChI=1S/C22H23N3OS/c23-15-16-7-1-3-10-20(16)27-21-11-4-2-8-17(21)22(26)24-18-12-14-25-13-6-5-9-19(18)25/h1-4,7-8,10-11,18-19H,5-6,9,12-14H2,(H,24,26)/t18-,19+/m1/s1. The van der Waals surface area contributed by atoms with Crippen LogP contribution in [0.4, 0.5) is 0 Å². The van der Waals surface area contributed by atoms with Gasteiger partial charge in [0.25, 0.3) is 5.91 Å². The Labute approximate surface area is 164 Å². The van der Waals surface area contributed by atoms with Gasteiger partial charge >= 0.3 is 0 Å². The summed E-state index contributed by atoms with van der Waals surface area (Å²) < 4.78 is 0. The van der Waals surface area contributed by atoms with E-state index in [2.05, 4.69) is 16.3 Å². The van der Waals surface area contributed by atoms with Gasteiger partial charge < -0.3 is 5.32 Å². The maximum Gasteiger partial charge on any atom is 0.252 e. The monoisotopic (exact) mass is 377 g/mol. The second kappa shape index (κ2) is 8.16. The van der Waals surface area contributed by atoms with Crippen LogP contribution >= 0.6 is 11.8 Å². The number of carbonyl (C=O) groups excluding carboxylic acids is 1. The van der Waals surface area contributed by atoms with Crippen LogP contribution in [0.15, 0.2) is 58.3 Å². The fourth-order valence-electron chi connectivity index (χ4n) is 4.17. The maximum atomic E-state index is 13.0. The molecule has 138 valence electrons. The fraction of sp³-hybridized carbons (Fsp3) is 0.364. The summed E-state index contributed by atoms with van der Waals surface area (Å²) in [6.07, 6.45) is 4.74. The first-order valence-electron chi connectivity index (χ1n) is 9.57. The number of nitrogens with one attached hydrogen (secondary N) is 1. The van der Waals surface area contributed by atoms with E-state index < -0.39 is 0 Å². The van der Waals surface area contributed by atoms with Gasteiger partial charge in [-0.25, -0.2) is 0 Å². The molecule has 1 N–H and O–H groups in total. The van der Waals surface area contributed by atoms with Gasteiger partial charge in [0, 0.05) is 28.4 Å². The van der Waals surface area contributed by atoms with Crippen LogP contribution in [0.25, 0.3) is 0 Å². The van der Waals surface area contributed by atoms with Crippen molar-refractivity contribution in [2.24, 2.45) is 0 Å². The predicted octanol–water partition coefficient (Wildman–Crippen LogP) is 4.07. The third kappa shape index (κ3) is 3.87. The molecular formula is C22H23N3OS. The predicted molar refractivity (Wildman–Crippen MR) is 107 cm³/mol. The van der Waals surface area contributed by atoms with Gasteiger partial charge in [0.2, 0.25) is 0 Å².